The highest BCUT2D eigenvalue weighted by molar-refractivity contribution is 5.29. The maximum Gasteiger partial charge on any atom is 0.451 e. The lowest BCUT2D eigenvalue weighted by Crippen LogP contribution is -2.16. The molecular formula is C16H15F3N4O. The fraction of sp³-hybridized carbons (Fsp3) is 0.312. The molecule has 8 heteroatoms. The third-order valence-electron chi connectivity index (χ3n) is 3.75. The van der Waals surface area contributed by atoms with E-state index in [0.29, 0.717) is 23.1 Å². The Labute approximate surface area is 135 Å². The number of fused-ring (bicyclic) bond motifs is 1. The van der Waals surface area contributed by atoms with Gasteiger partial charge in [0.15, 0.2) is 0 Å². The molecular weight excluding hydrogens is 321 g/mol. The molecule has 0 fully saturated rings. The molecule has 0 aliphatic rings. The van der Waals surface area contributed by atoms with Gasteiger partial charge in [0.1, 0.15) is 0 Å². The van der Waals surface area contributed by atoms with Crippen LogP contribution in [0.5, 0.6) is 0 Å². The molecule has 0 aliphatic heterocycles. The molecule has 3 rings (SSSR count). The fourth-order valence-electron chi connectivity index (χ4n) is 2.40. The summed E-state index contributed by atoms with van der Waals surface area (Å²) in [5.41, 5.74) is 2.11. The molecule has 2 aromatic heterocycles. The first-order valence-corrected chi connectivity index (χ1v) is 7.50. The number of alkyl halides is 3. The number of halogens is 3. The van der Waals surface area contributed by atoms with Gasteiger partial charge >= 0.3 is 6.18 Å². The molecule has 24 heavy (non-hydrogen) atoms. The lowest BCUT2D eigenvalue weighted by Gasteiger charge is -2.03. The van der Waals surface area contributed by atoms with Gasteiger partial charge in [-0.1, -0.05) is 31.2 Å². The maximum atomic E-state index is 12.7. The van der Waals surface area contributed by atoms with Gasteiger partial charge in [-0.15, -0.1) is 0 Å². The number of aromatic amines is 1. The van der Waals surface area contributed by atoms with Crippen molar-refractivity contribution < 1.29 is 13.2 Å². The Morgan fingerprint density at radius 2 is 1.75 bits per heavy atom. The van der Waals surface area contributed by atoms with Gasteiger partial charge in [-0.05, 0) is 30.4 Å². The van der Waals surface area contributed by atoms with Crippen molar-refractivity contribution >= 4 is 5.78 Å². The molecule has 0 amide bonds. The molecule has 1 N–H and O–H groups in total. The summed E-state index contributed by atoms with van der Waals surface area (Å²) in [4.78, 5) is 19.3. The molecule has 0 spiro atoms. The third-order valence-corrected chi connectivity index (χ3v) is 3.75. The summed E-state index contributed by atoms with van der Waals surface area (Å²) >= 11 is 0. The predicted molar refractivity (Wildman–Crippen MR) is 81.8 cm³/mol. The minimum atomic E-state index is -4.65. The Hall–Kier alpha value is -2.64. The number of nitrogens with zero attached hydrogens (tertiary/aromatic N) is 3. The number of aromatic nitrogens is 4. The number of aryl methyl sites for hydroxylation is 3. The predicted octanol–water partition coefficient (Wildman–Crippen LogP) is 2.78. The molecule has 0 unspecified atom stereocenters. The van der Waals surface area contributed by atoms with Gasteiger partial charge in [-0.3, -0.25) is 9.89 Å². The van der Waals surface area contributed by atoms with Gasteiger partial charge in [0.2, 0.25) is 5.82 Å². The third kappa shape index (κ3) is 3.32. The largest absolute Gasteiger partial charge is 0.451 e. The van der Waals surface area contributed by atoms with E-state index < -0.39 is 17.6 Å². The van der Waals surface area contributed by atoms with E-state index in [4.69, 9.17) is 0 Å². The van der Waals surface area contributed by atoms with E-state index in [0.717, 1.165) is 12.0 Å². The van der Waals surface area contributed by atoms with Crippen molar-refractivity contribution in [3.63, 3.8) is 0 Å². The molecule has 0 saturated heterocycles. The Balaban J connectivity index is 1.83. The monoisotopic (exact) mass is 336 g/mol. The van der Waals surface area contributed by atoms with Crippen LogP contribution >= 0.6 is 0 Å². The second kappa shape index (κ2) is 6.10. The second-order valence-corrected chi connectivity index (χ2v) is 5.46. The fourth-order valence-corrected chi connectivity index (χ4v) is 2.40. The van der Waals surface area contributed by atoms with Crippen LogP contribution in [0.25, 0.3) is 5.78 Å². The first-order valence-electron chi connectivity index (χ1n) is 7.50. The Morgan fingerprint density at radius 1 is 1.08 bits per heavy atom. The lowest BCUT2D eigenvalue weighted by molar-refractivity contribution is -0.144. The smallest absolute Gasteiger partial charge is 0.267 e. The van der Waals surface area contributed by atoms with Crippen LogP contribution in [0.2, 0.25) is 0 Å². The molecule has 3 aromatic rings. The van der Waals surface area contributed by atoms with Crippen molar-refractivity contribution in [3.8, 4) is 0 Å². The van der Waals surface area contributed by atoms with Crippen LogP contribution in [0.4, 0.5) is 13.2 Å². The molecule has 5 nitrogen and oxygen atoms in total. The van der Waals surface area contributed by atoms with Crippen molar-refractivity contribution in [2.45, 2.75) is 32.4 Å². The summed E-state index contributed by atoms with van der Waals surface area (Å²) in [6, 6.07) is 9.29. The van der Waals surface area contributed by atoms with Crippen LogP contribution in [0.15, 0.2) is 35.1 Å². The highest BCUT2D eigenvalue weighted by Crippen LogP contribution is 2.25. The average molecular weight is 336 g/mol. The average Bonchev–Trinajstić information content (AvgIpc) is 2.98. The summed E-state index contributed by atoms with van der Waals surface area (Å²) < 4.78 is 38.7. The van der Waals surface area contributed by atoms with Crippen molar-refractivity contribution in [2.24, 2.45) is 0 Å². The van der Waals surface area contributed by atoms with E-state index in [1.807, 2.05) is 29.4 Å². The lowest BCUT2D eigenvalue weighted by atomic mass is 10.1. The zero-order valence-corrected chi connectivity index (χ0v) is 12.9. The minimum absolute atomic E-state index is 0.272. The Kier molecular flexibility index (Phi) is 4.13. The molecule has 0 saturated carbocycles. The molecule has 0 aliphatic carbocycles. The molecule has 0 atom stereocenters. The van der Waals surface area contributed by atoms with Crippen molar-refractivity contribution in [1.82, 2.24) is 19.6 Å². The van der Waals surface area contributed by atoms with E-state index in [1.54, 1.807) is 0 Å². The zero-order valence-electron chi connectivity index (χ0n) is 12.9. The number of nitrogens with one attached hydrogen (secondary N) is 1. The molecule has 0 radical (unpaired) electrons. The van der Waals surface area contributed by atoms with Crippen LogP contribution < -0.4 is 5.56 Å². The van der Waals surface area contributed by atoms with Gasteiger partial charge in [0.05, 0.1) is 5.69 Å². The van der Waals surface area contributed by atoms with E-state index >= 15 is 0 Å². The summed E-state index contributed by atoms with van der Waals surface area (Å²) in [5, 5.41) is 1.92. The van der Waals surface area contributed by atoms with Gasteiger partial charge in [0.25, 0.3) is 11.3 Å². The topological polar surface area (TPSA) is 63.0 Å². The van der Waals surface area contributed by atoms with Crippen LogP contribution in [-0.2, 0) is 25.4 Å². The summed E-state index contributed by atoms with van der Waals surface area (Å²) in [5.74, 6) is -1.51. The van der Waals surface area contributed by atoms with Crippen molar-refractivity contribution in [3.05, 3.63) is 63.3 Å². The first-order chi connectivity index (χ1) is 11.4. The summed E-state index contributed by atoms with van der Waals surface area (Å²) in [7, 11) is 0. The summed E-state index contributed by atoms with van der Waals surface area (Å²) in [6.45, 7) is 2.07. The molecule has 126 valence electrons. The number of rotatable bonds is 4. The van der Waals surface area contributed by atoms with Crippen LogP contribution in [-0.4, -0.2) is 19.6 Å². The normalized spacial score (nSPS) is 12.0. The SMILES string of the molecule is CCc1ccc(CCc2cc(=O)n3[nH]c(C(F)(F)F)nc3n2)cc1. The standard InChI is InChI=1S/C16H15F3N4O/c1-2-10-3-5-11(6-4-10)7-8-12-9-13(24)23-15(20-12)21-14(22-23)16(17,18)19/h3-6,9H,2,7-8H2,1H3,(H,20,21,22). The van der Waals surface area contributed by atoms with Crippen LogP contribution in [0.3, 0.4) is 0 Å². The minimum Gasteiger partial charge on any atom is -0.267 e. The highest BCUT2D eigenvalue weighted by Gasteiger charge is 2.35. The van der Waals surface area contributed by atoms with E-state index in [2.05, 4.69) is 16.9 Å². The molecule has 1 aromatic carbocycles. The highest BCUT2D eigenvalue weighted by atomic mass is 19.4. The van der Waals surface area contributed by atoms with Gasteiger partial charge in [0, 0.05) is 6.07 Å². The Morgan fingerprint density at radius 3 is 2.38 bits per heavy atom. The van der Waals surface area contributed by atoms with Gasteiger partial charge < -0.3 is 0 Å². The summed E-state index contributed by atoms with van der Waals surface area (Å²) in [6.07, 6.45) is -2.61. The number of H-pyrrole nitrogens is 1. The zero-order chi connectivity index (χ0) is 17.3. The number of hydrogen-bond donors (Lipinski definition) is 1. The number of hydrogen-bond acceptors (Lipinski definition) is 3. The van der Waals surface area contributed by atoms with Gasteiger partial charge in [-0.25, -0.2) is 4.98 Å². The van der Waals surface area contributed by atoms with E-state index in [1.165, 1.54) is 11.6 Å². The maximum absolute atomic E-state index is 12.7. The van der Waals surface area contributed by atoms with Gasteiger partial charge in [-0.2, -0.15) is 22.7 Å². The van der Waals surface area contributed by atoms with Crippen molar-refractivity contribution in [1.29, 1.82) is 0 Å². The Bertz CT molecular complexity index is 910. The van der Waals surface area contributed by atoms with E-state index in [9.17, 15) is 18.0 Å². The van der Waals surface area contributed by atoms with Crippen LogP contribution in [0, 0.1) is 0 Å². The molecule has 0 bridgehead atoms. The van der Waals surface area contributed by atoms with E-state index in [-0.39, 0.29) is 5.78 Å². The quantitative estimate of drug-likeness (QED) is 0.797. The molecule has 2 heterocycles. The van der Waals surface area contributed by atoms with Crippen molar-refractivity contribution in [2.75, 3.05) is 0 Å². The van der Waals surface area contributed by atoms with Crippen LogP contribution in [0.1, 0.15) is 29.6 Å². The first kappa shape index (κ1) is 16.2. The number of benzene rings is 1. The second-order valence-electron chi connectivity index (χ2n) is 5.46.